The highest BCUT2D eigenvalue weighted by atomic mass is 16.5. The van der Waals surface area contributed by atoms with Gasteiger partial charge < -0.3 is 10.1 Å². The topological polar surface area (TPSA) is 58.6 Å². The summed E-state index contributed by atoms with van der Waals surface area (Å²) in [6.45, 7) is 6.89. The fraction of sp³-hybridized carbons (Fsp3) is 0.846. The van der Waals surface area contributed by atoms with Crippen LogP contribution in [0.2, 0.25) is 0 Å². The molecule has 0 radical (unpaired) electrons. The molecule has 0 spiro atoms. The Morgan fingerprint density at radius 2 is 2.17 bits per heavy atom. The summed E-state index contributed by atoms with van der Waals surface area (Å²) in [6.07, 6.45) is 2.76. The molecule has 1 N–H and O–H groups in total. The third-order valence-electron chi connectivity index (χ3n) is 3.06. The summed E-state index contributed by atoms with van der Waals surface area (Å²) >= 11 is 0. The Morgan fingerprint density at radius 3 is 2.83 bits per heavy atom. The summed E-state index contributed by atoms with van der Waals surface area (Å²) in [7, 11) is 0. The summed E-state index contributed by atoms with van der Waals surface area (Å²) in [5.74, 6) is -0.157. The molecular formula is C13H24N2O3. The lowest BCUT2D eigenvalue weighted by atomic mass is 9.98. The number of hydrogen-bond donors (Lipinski definition) is 1. The number of amides is 1. The minimum atomic E-state index is -0.129. The van der Waals surface area contributed by atoms with Gasteiger partial charge in [0.1, 0.15) is 0 Å². The smallest absolute Gasteiger partial charge is 0.310 e. The number of nitrogens with one attached hydrogen (secondary N) is 1. The molecule has 1 saturated heterocycles. The van der Waals surface area contributed by atoms with Gasteiger partial charge in [0, 0.05) is 13.1 Å². The molecule has 5 heteroatoms. The van der Waals surface area contributed by atoms with Crippen LogP contribution in [0.3, 0.4) is 0 Å². The van der Waals surface area contributed by atoms with Crippen molar-refractivity contribution in [3.63, 3.8) is 0 Å². The molecule has 1 rings (SSSR count). The van der Waals surface area contributed by atoms with Crippen LogP contribution in [-0.4, -0.2) is 49.6 Å². The molecule has 0 aliphatic carbocycles. The van der Waals surface area contributed by atoms with Crippen LogP contribution in [0.5, 0.6) is 0 Å². The van der Waals surface area contributed by atoms with Crippen molar-refractivity contribution >= 4 is 11.9 Å². The minimum Gasteiger partial charge on any atom is -0.466 e. The Bertz CT molecular complexity index is 281. The average molecular weight is 256 g/mol. The lowest BCUT2D eigenvalue weighted by Crippen LogP contribution is -2.44. The molecule has 0 saturated carbocycles. The average Bonchev–Trinajstić information content (AvgIpc) is 2.37. The van der Waals surface area contributed by atoms with Crippen LogP contribution in [-0.2, 0) is 14.3 Å². The zero-order chi connectivity index (χ0) is 13.4. The highest BCUT2D eigenvalue weighted by Crippen LogP contribution is 2.17. The number of ether oxygens (including phenoxy) is 1. The van der Waals surface area contributed by atoms with E-state index in [-0.39, 0.29) is 17.8 Å². The number of nitrogens with zero attached hydrogens (tertiary/aromatic N) is 1. The number of piperidine rings is 1. The first-order chi connectivity index (χ1) is 8.67. The number of hydrogen-bond acceptors (Lipinski definition) is 4. The standard InChI is InChI=1S/C13H24N2O3/c1-3-7-14-12(16)10-15-8-5-6-11(9-15)13(17)18-4-2/h11H,3-10H2,1-2H3,(H,14,16). The molecule has 1 aliphatic heterocycles. The van der Waals surface area contributed by atoms with E-state index in [1.54, 1.807) is 0 Å². The van der Waals surface area contributed by atoms with Gasteiger partial charge in [0.25, 0.3) is 0 Å². The van der Waals surface area contributed by atoms with Crippen LogP contribution >= 0.6 is 0 Å². The molecule has 104 valence electrons. The number of esters is 1. The van der Waals surface area contributed by atoms with Crippen molar-refractivity contribution in [2.24, 2.45) is 5.92 Å². The van der Waals surface area contributed by atoms with Crippen molar-refractivity contribution in [2.45, 2.75) is 33.1 Å². The van der Waals surface area contributed by atoms with E-state index in [9.17, 15) is 9.59 Å². The molecule has 5 nitrogen and oxygen atoms in total. The lowest BCUT2D eigenvalue weighted by Gasteiger charge is -2.30. The van der Waals surface area contributed by atoms with Crippen LogP contribution in [0.15, 0.2) is 0 Å². The lowest BCUT2D eigenvalue weighted by molar-refractivity contribution is -0.150. The first-order valence-corrected chi connectivity index (χ1v) is 6.83. The number of likely N-dealkylation sites (tertiary alicyclic amines) is 1. The van der Waals surface area contributed by atoms with E-state index in [4.69, 9.17) is 4.74 Å². The van der Waals surface area contributed by atoms with E-state index >= 15 is 0 Å². The fourth-order valence-corrected chi connectivity index (χ4v) is 2.18. The Balaban J connectivity index is 2.34. The van der Waals surface area contributed by atoms with Gasteiger partial charge in [-0.25, -0.2) is 0 Å². The van der Waals surface area contributed by atoms with Crippen molar-refractivity contribution in [2.75, 3.05) is 32.8 Å². The van der Waals surface area contributed by atoms with E-state index in [1.165, 1.54) is 0 Å². The van der Waals surface area contributed by atoms with E-state index < -0.39 is 0 Å². The van der Waals surface area contributed by atoms with Gasteiger partial charge in [0.2, 0.25) is 5.91 Å². The number of rotatable bonds is 6. The molecule has 0 aromatic carbocycles. The van der Waals surface area contributed by atoms with Crippen molar-refractivity contribution in [1.29, 1.82) is 0 Å². The second kappa shape index (κ2) is 8.08. The normalized spacial score (nSPS) is 20.4. The predicted molar refractivity (Wildman–Crippen MR) is 69.1 cm³/mol. The molecule has 1 atom stereocenters. The molecule has 1 fully saturated rings. The van der Waals surface area contributed by atoms with Gasteiger partial charge in [-0.2, -0.15) is 0 Å². The highest BCUT2D eigenvalue weighted by Gasteiger charge is 2.27. The van der Waals surface area contributed by atoms with Gasteiger partial charge in [-0.15, -0.1) is 0 Å². The van der Waals surface area contributed by atoms with Crippen LogP contribution in [0, 0.1) is 5.92 Å². The van der Waals surface area contributed by atoms with Gasteiger partial charge in [-0.05, 0) is 32.7 Å². The quantitative estimate of drug-likeness (QED) is 0.714. The molecule has 1 aliphatic rings. The Labute approximate surface area is 109 Å². The van der Waals surface area contributed by atoms with Crippen LogP contribution in [0.25, 0.3) is 0 Å². The fourth-order valence-electron chi connectivity index (χ4n) is 2.18. The van der Waals surface area contributed by atoms with Crippen LogP contribution in [0.4, 0.5) is 0 Å². The van der Waals surface area contributed by atoms with E-state index in [0.717, 1.165) is 25.8 Å². The Kier molecular flexibility index (Phi) is 6.72. The highest BCUT2D eigenvalue weighted by molar-refractivity contribution is 5.78. The maximum Gasteiger partial charge on any atom is 0.310 e. The number of carbonyl (C=O) groups excluding carboxylic acids is 2. The van der Waals surface area contributed by atoms with Gasteiger partial charge in [0.05, 0.1) is 19.1 Å². The zero-order valence-corrected chi connectivity index (χ0v) is 11.4. The molecule has 1 amide bonds. The predicted octanol–water partition coefficient (Wildman–Crippen LogP) is 0.788. The molecule has 1 unspecified atom stereocenters. The first kappa shape index (κ1) is 15.0. The maximum atomic E-state index is 11.7. The molecule has 18 heavy (non-hydrogen) atoms. The molecule has 0 aromatic rings. The van der Waals surface area contributed by atoms with E-state index in [1.807, 2.05) is 18.7 Å². The van der Waals surface area contributed by atoms with Crippen molar-refractivity contribution in [1.82, 2.24) is 10.2 Å². The summed E-state index contributed by atoms with van der Waals surface area (Å²) in [5, 5.41) is 2.85. The van der Waals surface area contributed by atoms with Crippen molar-refractivity contribution in [3.05, 3.63) is 0 Å². The zero-order valence-electron chi connectivity index (χ0n) is 11.4. The number of carbonyl (C=O) groups is 2. The van der Waals surface area contributed by atoms with Gasteiger partial charge in [-0.1, -0.05) is 6.92 Å². The van der Waals surface area contributed by atoms with Crippen LogP contribution in [0.1, 0.15) is 33.1 Å². The van der Waals surface area contributed by atoms with E-state index in [0.29, 0.717) is 26.2 Å². The summed E-state index contributed by atoms with van der Waals surface area (Å²) in [6, 6.07) is 0. The largest absolute Gasteiger partial charge is 0.466 e. The summed E-state index contributed by atoms with van der Waals surface area (Å²) in [5.41, 5.74) is 0. The van der Waals surface area contributed by atoms with Gasteiger partial charge in [0.15, 0.2) is 0 Å². The molecule has 0 aromatic heterocycles. The first-order valence-electron chi connectivity index (χ1n) is 6.83. The second-order valence-electron chi connectivity index (χ2n) is 4.68. The molecular weight excluding hydrogens is 232 g/mol. The van der Waals surface area contributed by atoms with E-state index in [2.05, 4.69) is 5.32 Å². The van der Waals surface area contributed by atoms with Gasteiger partial charge in [-0.3, -0.25) is 14.5 Å². The summed E-state index contributed by atoms with van der Waals surface area (Å²) < 4.78 is 5.03. The SMILES string of the molecule is CCCNC(=O)CN1CCCC(C(=O)OCC)C1. The van der Waals surface area contributed by atoms with Crippen molar-refractivity contribution in [3.8, 4) is 0 Å². The molecule has 0 bridgehead atoms. The maximum absolute atomic E-state index is 11.7. The second-order valence-corrected chi connectivity index (χ2v) is 4.68. The van der Waals surface area contributed by atoms with Gasteiger partial charge >= 0.3 is 5.97 Å². The van der Waals surface area contributed by atoms with Crippen molar-refractivity contribution < 1.29 is 14.3 Å². The third kappa shape index (κ3) is 5.04. The monoisotopic (exact) mass is 256 g/mol. The minimum absolute atomic E-state index is 0.0429. The molecule has 1 heterocycles. The van der Waals surface area contributed by atoms with Crippen LogP contribution < -0.4 is 5.32 Å². The summed E-state index contributed by atoms with van der Waals surface area (Å²) in [4.78, 5) is 25.3. The Hall–Kier alpha value is -1.10. The third-order valence-corrected chi connectivity index (χ3v) is 3.06. The Morgan fingerprint density at radius 1 is 1.39 bits per heavy atom.